The van der Waals surface area contributed by atoms with Gasteiger partial charge >= 0.3 is 0 Å². The SMILES string of the molecule is Cc1ccc(S(=O)(=O)NC(=N[C@H](CC(=O)[O-])C(=O)[O-])c2ccccc2)cc1. The van der Waals surface area contributed by atoms with E-state index in [-0.39, 0.29) is 16.3 Å². The number of sulfonamides is 1. The van der Waals surface area contributed by atoms with Crippen molar-refractivity contribution < 1.29 is 28.2 Å². The summed E-state index contributed by atoms with van der Waals surface area (Å²) in [4.78, 5) is 25.7. The minimum atomic E-state index is -4.08. The molecular formula is C18H16N2O6S-2. The number of amidine groups is 1. The van der Waals surface area contributed by atoms with Gasteiger partial charge in [0, 0.05) is 18.0 Å². The second kappa shape index (κ2) is 8.45. The lowest BCUT2D eigenvalue weighted by atomic mass is 10.2. The minimum Gasteiger partial charge on any atom is -0.550 e. The summed E-state index contributed by atoms with van der Waals surface area (Å²) in [6.45, 7) is 1.80. The van der Waals surface area contributed by atoms with E-state index in [0.717, 1.165) is 5.56 Å². The van der Waals surface area contributed by atoms with Gasteiger partial charge in [0.1, 0.15) is 5.84 Å². The van der Waals surface area contributed by atoms with Crippen LogP contribution in [0.1, 0.15) is 17.5 Å². The second-order valence-electron chi connectivity index (χ2n) is 5.67. The molecule has 8 nitrogen and oxygen atoms in total. The van der Waals surface area contributed by atoms with E-state index < -0.39 is 34.4 Å². The van der Waals surface area contributed by atoms with Crippen molar-refractivity contribution in [3.63, 3.8) is 0 Å². The van der Waals surface area contributed by atoms with E-state index >= 15 is 0 Å². The Morgan fingerprint density at radius 2 is 1.63 bits per heavy atom. The van der Waals surface area contributed by atoms with Crippen LogP contribution in [0.4, 0.5) is 0 Å². The third-order valence-electron chi connectivity index (χ3n) is 3.53. The smallest absolute Gasteiger partial charge is 0.263 e. The zero-order chi connectivity index (χ0) is 20.0. The quantitative estimate of drug-likeness (QED) is 0.476. The van der Waals surface area contributed by atoms with Crippen molar-refractivity contribution >= 4 is 27.8 Å². The molecule has 0 amide bonds. The average molecular weight is 388 g/mol. The van der Waals surface area contributed by atoms with Crippen molar-refractivity contribution in [3.05, 3.63) is 65.7 Å². The molecule has 0 unspecified atom stereocenters. The highest BCUT2D eigenvalue weighted by atomic mass is 32.2. The van der Waals surface area contributed by atoms with Gasteiger partial charge in [-0.15, -0.1) is 0 Å². The summed E-state index contributed by atoms with van der Waals surface area (Å²) in [6, 6.07) is 12.0. The lowest BCUT2D eigenvalue weighted by Gasteiger charge is -2.18. The number of nitrogens with zero attached hydrogens (tertiary/aromatic N) is 1. The van der Waals surface area contributed by atoms with E-state index in [0.29, 0.717) is 0 Å². The third kappa shape index (κ3) is 5.65. The number of benzene rings is 2. The van der Waals surface area contributed by atoms with Crippen molar-refractivity contribution in [1.82, 2.24) is 4.72 Å². The standard InChI is InChI=1S/C18H18N2O6S/c1-12-7-9-14(10-8-12)27(25,26)20-17(13-5-3-2-4-6-13)19-15(18(23)24)11-16(21)22/h2-10,15H,11H2,1H3,(H,19,20)(H,21,22)(H,23,24)/p-2/t15-/m1/s1. The number of aryl methyl sites for hydroxylation is 1. The van der Waals surface area contributed by atoms with Gasteiger partial charge < -0.3 is 19.8 Å². The molecule has 0 aliphatic carbocycles. The van der Waals surface area contributed by atoms with E-state index in [1.165, 1.54) is 24.3 Å². The summed E-state index contributed by atoms with van der Waals surface area (Å²) in [6.07, 6.45) is -0.953. The van der Waals surface area contributed by atoms with Gasteiger partial charge in [0.15, 0.2) is 0 Å². The average Bonchev–Trinajstić information content (AvgIpc) is 2.61. The summed E-state index contributed by atoms with van der Waals surface area (Å²) in [5, 5.41) is 21.9. The normalized spacial score (nSPS) is 13.0. The maximum atomic E-state index is 12.6. The molecule has 0 saturated heterocycles. The lowest BCUT2D eigenvalue weighted by molar-refractivity contribution is -0.316. The van der Waals surface area contributed by atoms with Gasteiger partial charge in [-0.2, -0.15) is 0 Å². The fourth-order valence-electron chi connectivity index (χ4n) is 2.15. The fraction of sp³-hybridized carbons (Fsp3) is 0.167. The Balaban J connectivity index is 2.47. The Hall–Kier alpha value is -3.20. The number of hydrogen-bond donors (Lipinski definition) is 1. The van der Waals surface area contributed by atoms with Gasteiger partial charge in [-0.25, -0.2) is 8.42 Å². The van der Waals surface area contributed by atoms with Crippen LogP contribution in [0.15, 0.2) is 64.5 Å². The number of carbonyl (C=O) groups excluding carboxylic acids is 2. The summed E-state index contributed by atoms with van der Waals surface area (Å²) in [5.74, 6) is -3.73. The molecule has 0 spiro atoms. The van der Waals surface area contributed by atoms with Crippen LogP contribution in [0, 0.1) is 6.92 Å². The van der Waals surface area contributed by atoms with Gasteiger partial charge in [0.05, 0.1) is 16.9 Å². The topological polar surface area (TPSA) is 139 Å². The molecule has 9 heteroatoms. The van der Waals surface area contributed by atoms with E-state index in [1.807, 2.05) is 0 Å². The van der Waals surface area contributed by atoms with E-state index in [4.69, 9.17) is 0 Å². The molecule has 1 atom stereocenters. The van der Waals surface area contributed by atoms with Gasteiger partial charge in [0.2, 0.25) is 0 Å². The highest BCUT2D eigenvalue weighted by Gasteiger charge is 2.19. The monoisotopic (exact) mass is 388 g/mol. The first kappa shape index (κ1) is 20.1. The van der Waals surface area contributed by atoms with E-state index in [2.05, 4.69) is 9.71 Å². The Bertz CT molecular complexity index is 953. The van der Waals surface area contributed by atoms with Crippen molar-refractivity contribution in [2.24, 2.45) is 4.99 Å². The molecule has 0 heterocycles. The highest BCUT2D eigenvalue weighted by Crippen LogP contribution is 2.12. The van der Waals surface area contributed by atoms with Crippen molar-refractivity contribution in [1.29, 1.82) is 0 Å². The van der Waals surface area contributed by atoms with Crippen LogP contribution >= 0.6 is 0 Å². The van der Waals surface area contributed by atoms with Crippen LogP contribution in [0.5, 0.6) is 0 Å². The Labute approximate surface area is 156 Å². The number of aliphatic imine (C=N–C) groups is 1. The molecule has 0 aliphatic rings. The first-order valence-electron chi connectivity index (χ1n) is 7.82. The molecule has 0 saturated carbocycles. The van der Waals surface area contributed by atoms with Gasteiger partial charge in [0.25, 0.3) is 10.0 Å². The molecule has 142 valence electrons. The molecular weight excluding hydrogens is 372 g/mol. The Morgan fingerprint density at radius 1 is 1.04 bits per heavy atom. The fourth-order valence-corrected chi connectivity index (χ4v) is 3.19. The van der Waals surface area contributed by atoms with Crippen LogP contribution < -0.4 is 14.9 Å². The van der Waals surface area contributed by atoms with E-state index in [1.54, 1.807) is 37.3 Å². The first-order valence-corrected chi connectivity index (χ1v) is 9.31. The van der Waals surface area contributed by atoms with Crippen molar-refractivity contribution in [3.8, 4) is 0 Å². The van der Waals surface area contributed by atoms with Crippen LogP contribution in [0.2, 0.25) is 0 Å². The van der Waals surface area contributed by atoms with E-state index in [9.17, 15) is 28.2 Å². The lowest BCUT2D eigenvalue weighted by Crippen LogP contribution is -2.41. The summed E-state index contributed by atoms with van der Waals surface area (Å²) in [7, 11) is -4.08. The first-order chi connectivity index (χ1) is 12.7. The van der Waals surface area contributed by atoms with Crippen molar-refractivity contribution in [2.45, 2.75) is 24.3 Å². The number of carboxylic acids is 2. The van der Waals surface area contributed by atoms with Gasteiger partial charge in [-0.05, 0) is 19.1 Å². The Morgan fingerprint density at radius 3 is 2.15 bits per heavy atom. The van der Waals surface area contributed by atoms with Crippen LogP contribution in [0.25, 0.3) is 0 Å². The number of hydrogen-bond acceptors (Lipinski definition) is 7. The number of nitrogens with one attached hydrogen (secondary N) is 1. The van der Waals surface area contributed by atoms with Crippen LogP contribution in [0.3, 0.4) is 0 Å². The summed E-state index contributed by atoms with van der Waals surface area (Å²) >= 11 is 0. The molecule has 0 fully saturated rings. The third-order valence-corrected chi connectivity index (χ3v) is 4.88. The largest absolute Gasteiger partial charge is 0.550 e. The predicted molar refractivity (Wildman–Crippen MR) is 92.9 cm³/mol. The zero-order valence-corrected chi connectivity index (χ0v) is 15.1. The van der Waals surface area contributed by atoms with Gasteiger partial charge in [-0.3, -0.25) is 9.71 Å². The number of carbonyl (C=O) groups is 2. The second-order valence-corrected chi connectivity index (χ2v) is 7.36. The molecule has 0 aliphatic heterocycles. The van der Waals surface area contributed by atoms with Crippen molar-refractivity contribution in [2.75, 3.05) is 0 Å². The maximum absolute atomic E-state index is 12.6. The minimum absolute atomic E-state index is 0.0540. The summed E-state index contributed by atoms with van der Waals surface area (Å²) in [5.41, 5.74) is 1.12. The Kier molecular flexibility index (Phi) is 6.30. The maximum Gasteiger partial charge on any atom is 0.263 e. The molecule has 0 radical (unpaired) electrons. The van der Waals surface area contributed by atoms with Crippen LogP contribution in [-0.2, 0) is 19.6 Å². The molecule has 2 rings (SSSR count). The number of aliphatic carboxylic acids is 2. The zero-order valence-electron chi connectivity index (χ0n) is 14.3. The molecule has 0 aromatic heterocycles. The molecule has 0 bridgehead atoms. The predicted octanol–water partition coefficient (Wildman–Crippen LogP) is -1.02. The molecule has 2 aromatic rings. The number of rotatable bonds is 7. The van der Waals surface area contributed by atoms with Crippen LogP contribution in [-0.4, -0.2) is 32.2 Å². The highest BCUT2D eigenvalue weighted by molar-refractivity contribution is 7.90. The molecule has 27 heavy (non-hydrogen) atoms. The van der Waals surface area contributed by atoms with Gasteiger partial charge in [-0.1, -0.05) is 48.0 Å². The summed E-state index contributed by atoms with van der Waals surface area (Å²) < 4.78 is 27.5. The molecule has 1 N–H and O–H groups in total. The molecule has 2 aromatic carbocycles. The number of carboxylic acid groups (broad SMARTS) is 2.